The number of rotatable bonds is 6. The Kier molecular flexibility index (Phi) is 6.27. The summed E-state index contributed by atoms with van der Waals surface area (Å²) in [5, 5.41) is 7.80. The van der Waals surface area contributed by atoms with E-state index in [-0.39, 0.29) is 30.4 Å². The number of hydrogen-bond acceptors (Lipinski definition) is 4. The molecule has 0 fully saturated rings. The number of pyridine rings is 1. The molecular formula is C18H16BrF2N5O3. The highest BCUT2D eigenvalue weighted by atomic mass is 79.9. The summed E-state index contributed by atoms with van der Waals surface area (Å²) in [6.07, 6.45) is 3.08. The lowest BCUT2D eigenvalue weighted by molar-refractivity contribution is -0.118. The first-order valence-corrected chi connectivity index (χ1v) is 9.22. The maximum absolute atomic E-state index is 14.4. The first-order chi connectivity index (χ1) is 13.8. The Morgan fingerprint density at radius 3 is 2.59 bits per heavy atom. The lowest BCUT2D eigenvalue weighted by Gasteiger charge is -2.12. The molecule has 29 heavy (non-hydrogen) atoms. The molecule has 11 heteroatoms. The maximum Gasteiger partial charge on any atom is 0.319 e. The van der Waals surface area contributed by atoms with Crippen molar-refractivity contribution in [2.45, 2.75) is 6.92 Å². The number of H-pyrrole nitrogens is 1. The quantitative estimate of drug-likeness (QED) is 0.415. The van der Waals surface area contributed by atoms with Gasteiger partial charge in [0.1, 0.15) is 11.4 Å². The molecule has 0 aliphatic rings. The van der Waals surface area contributed by atoms with Crippen molar-refractivity contribution in [3.8, 4) is 11.5 Å². The van der Waals surface area contributed by atoms with E-state index in [4.69, 9.17) is 4.74 Å². The Labute approximate surface area is 172 Å². The molecule has 3 amide bonds. The van der Waals surface area contributed by atoms with Crippen LogP contribution in [0.15, 0.2) is 35.1 Å². The fourth-order valence-electron chi connectivity index (χ4n) is 2.50. The van der Waals surface area contributed by atoms with Gasteiger partial charge in [0, 0.05) is 54.7 Å². The number of carbonyl (C=O) groups excluding carboxylic acids is 2. The van der Waals surface area contributed by atoms with Gasteiger partial charge < -0.3 is 25.7 Å². The molecule has 1 aromatic carbocycles. The van der Waals surface area contributed by atoms with Crippen molar-refractivity contribution >= 4 is 44.6 Å². The first kappa shape index (κ1) is 20.5. The summed E-state index contributed by atoms with van der Waals surface area (Å²) in [6.45, 7) is 1.73. The average Bonchev–Trinajstić information content (AvgIpc) is 3.04. The van der Waals surface area contributed by atoms with Crippen LogP contribution in [-0.4, -0.2) is 35.0 Å². The van der Waals surface area contributed by atoms with Crippen LogP contribution in [-0.2, 0) is 4.79 Å². The van der Waals surface area contributed by atoms with Crippen molar-refractivity contribution in [2.75, 3.05) is 18.4 Å². The Morgan fingerprint density at radius 2 is 1.90 bits per heavy atom. The van der Waals surface area contributed by atoms with Gasteiger partial charge in [-0.15, -0.1) is 0 Å². The van der Waals surface area contributed by atoms with Gasteiger partial charge in [-0.1, -0.05) is 0 Å². The van der Waals surface area contributed by atoms with Crippen molar-refractivity contribution in [2.24, 2.45) is 0 Å². The summed E-state index contributed by atoms with van der Waals surface area (Å²) in [6, 6.07) is 2.69. The van der Waals surface area contributed by atoms with E-state index in [2.05, 4.69) is 41.8 Å². The van der Waals surface area contributed by atoms with Gasteiger partial charge in [0.25, 0.3) is 0 Å². The molecule has 152 valence electrons. The van der Waals surface area contributed by atoms with Gasteiger partial charge in [-0.3, -0.25) is 4.79 Å². The fraction of sp³-hybridized carbons (Fsp3) is 0.167. The molecular weight excluding hydrogens is 452 g/mol. The summed E-state index contributed by atoms with van der Waals surface area (Å²) in [7, 11) is 0. The average molecular weight is 468 g/mol. The van der Waals surface area contributed by atoms with E-state index in [1.807, 2.05) is 0 Å². The topological polar surface area (TPSA) is 108 Å². The number of aromatic nitrogens is 2. The molecule has 3 aromatic rings. The Morgan fingerprint density at radius 1 is 1.21 bits per heavy atom. The number of urea groups is 1. The molecule has 4 N–H and O–H groups in total. The van der Waals surface area contributed by atoms with Crippen LogP contribution in [0.5, 0.6) is 11.5 Å². The Bertz CT molecular complexity index is 1050. The van der Waals surface area contributed by atoms with E-state index in [1.54, 1.807) is 6.20 Å². The predicted molar refractivity (Wildman–Crippen MR) is 106 cm³/mol. The van der Waals surface area contributed by atoms with Crippen molar-refractivity contribution in [1.82, 2.24) is 20.6 Å². The molecule has 0 radical (unpaired) electrons. The second kappa shape index (κ2) is 8.86. The van der Waals surface area contributed by atoms with Crippen LogP contribution < -0.4 is 20.7 Å². The number of nitrogens with one attached hydrogen (secondary N) is 4. The monoisotopic (exact) mass is 467 g/mol. The van der Waals surface area contributed by atoms with Gasteiger partial charge in [-0.05, 0) is 22.0 Å². The summed E-state index contributed by atoms with van der Waals surface area (Å²) in [4.78, 5) is 29.5. The number of carbonyl (C=O) groups is 2. The molecule has 2 aromatic heterocycles. The molecule has 8 nitrogen and oxygen atoms in total. The van der Waals surface area contributed by atoms with Crippen LogP contribution in [0.4, 0.5) is 19.3 Å². The third-order valence-corrected chi connectivity index (χ3v) is 4.37. The minimum atomic E-state index is -0.991. The van der Waals surface area contributed by atoms with E-state index in [0.29, 0.717) is 15.5 Å². The molecule has 0 aliphatic carbocycles. The van der Waals surface area contributed by atoms with Gasteiger partial charge >= 0.3 is 6.03 Å². The normalized spacial score (nSPS) is 10.6. The number of ether oxygens (including phenoxy) is 1. The molecule has 3 rings (SSSR count). The standard InChI is InChI=1S/C18H16BrF2N5O3/c1-9(27)22-4-5-24-18(28)26-10-6-12(20)16(13(21)7-10)29-14-2-3-23-17-15(14)11(19)8-25-17/h2-3,6-8H,4-5H2,1H3,(H,22,27)(H,23,25)(H2,24,26,28). The van der Waals surface area contributed by atoms with Crippen molar-refractivity contribution < 1.29 is 23.1 Å². The van der Waals surface area contributed by atoms with Gasteiger partial charge in [0.05, 0.1) is 5.39 Å². The second-order valence-corrected chi connectivity index (χ2v) is 6.76. The van der Waals surface area contributed by atoms with E-state index in [0.717, 1.165) is 12.1 Å². The van der Waals surface area contributed by atoms with Crippen molar-refractivity contribution in [1.29, 1.82) is 0 Å². The highest BCUT2D eigenvalue weighted by Gasteiger charge is 2.17. The lowest BCUT2D eigenvalue weighted by atomic mass is 10.2. The predicted octanol–water partition coefficient (Wildman–Crippen LogP) is 3.65. The molecule has 2 heterocycles. The van der Waals surface area contributed by atoms with Crippen LogP contribution in [0.25, 0.3) is 11.0 Å². The number of anilines is 1. The van der Waals surface area contributed by atoms with E-state index < -0.39 is 23.4 Å². The SMILES string of the molecule is CC(=O)NCCNC(=O)Nc1cc(F)c(Oc2ccnc3[nH]cc(Br)c23)c(F)c1. The number of fused-ring (bicyclic) bond motifs is 1. The second-order valence-electron chi connectivity index (χ2n) is 5.90. The highest BCUT2D eigenvalue weighted by Crippen LogP contribution is 2.36. The van der Waals surface area contributed by atoms with Gasteiger partial charge in [0.2, 0.25) is 5.91 Å². The van der Waals surface area contributed by atoms with Gasteiger partial charge in [0.15, 0.2) is 17.4 Å². The van der Waals surface area contributed by atoms with Crippen LogP contribution in [0.1, 0.15) is 6.92 Å². The summed E-state index contributed by atoms with van der Waals surface area (Å²) in [5.41, 5.74) is 0.400. The van der Waals surface area contributed by atoms with Gasteiger partial charge in [-0.2, -0.15) is 0 Å². The molecule has 0 unspecified atom stereocenters. The lowest BCUT2D eigenvalue weighted by Crippen LogP contribution is -2.36. The van der Waals surface area contributed by atoms with Crippen LogP contribution >= 0.6 is 15.9 Å². The Hall–Kier alpha value is -3.21. The molecule has 0 spiro atoms. The number of aromatic amines is 1. The highest BCUT2D eigenvalue weighted by molar-refractivity contribution is 9.10. The largest absolute Gasteiger partial charge is 0.450 e. The van der Waals surface area contributed by atoms with Crippen LogP contribution in [0, 0.1) is 11.6 Å². The fourth-order valence-corrected chi connectivity index (χ4v) is 3.00. The van der Waals surface area contributed by atoms with Crippen LogP contribution in [0.2, 0.25) is 0 Å². The van der Waals surface area contributed by atoms with Crippen LogP contribution in [0.3, 0.4) is 0 Å². The minimum absolute atomic E-state index is 0.0907. The molecule has 0 atom stereocenters. The van der Waals surface area contributed by atoms with Crippen molar-refractivity contribution in [3.63, 3.8) is 0 Å². The van der Waals surface area contributed by atoms with E-state index >= 15 is 0 Å². The summed E-state index contributed by atoms with van der Waals surface area (Å²) in [5.74, 6) is -2.62. The first-order valence-electron chi connectivity index (χ1n) is 8.43. The van der Waals surface area contributed by atoms with Gasteiger partial charge in [-0.25, -0.2) is 18.6 Å². The Balaban J connectivity index is 1.71. The number of amides is 3. The maximum atomic E-state index is 14.4. The molecule has 0 aliphatic heterocycles. The third kappa shape index (κ3) is 4.99. The number of halogens is 3. The van der Waals surface area contributed by atoms with E-state index in [1.165, 1.54) is 19.2 Å². The zero-order valence-corrected chi connectivity index (χ0v) is 16.7. The summed E-state index contributed by atoms with van der Waals surface area (Å²) >= 11 is 3.32. The number of hydrogen-bond donors (Lipinski definition) is 4. The van der Waals surface area contributed by atoms with E-state index in [9.17, 15) is 18.4 Å². The van der Waals surface area contributed by atoms with Crippen molar-refractivity contribution in [3.05, 3.63) is 46.7 Å². The summed E-state index contributed by atoms with van der Waals surface area (Å²) < 4.78 is 35.0. The molecule has 0 bridgehead atoms. The minimum Gasteiger partial charge on any atom is -0.450 e. The zero-order valence-electron chi connectivity index (χ0n) is 15.1. The number of nitrogens with zero attached hydrogens (tertiary/aromatic N) is 1. The third-order valence-electron chi connectivity index (χ3n) is 3.74. The number of benzene rings is 1. The zero-order chi connectivity index (χ0) is 21.0. The molecule has 0 saturated carbocycles. The smallest absolute Gasteiger partial charge is 0.319 e. The molecule has 0 saturated heterocycles.